The third-order valence-electron chi connectivity index (χ3n) is 5.20. The smallest absolute Gasteiger partial charge is 0.279 e. The topological polar surface area (TPSA) is 76.3 Å². The Balaban J connectivity index is 1.72. The van der Waals surface area contributed by atoms with E-state index in [0.29, 0.717) is 23.3 Å². The molecule has 2 amide bonds. The standard InChI is InChI=1S/C25H24N4O2S/c1-3-20(24(31)27-16-19-8-6-7-15-26-19)29-21-9-4-5-10-22(21)32-25(29)28-23(30)18-13-11-17(2)12-14-18/h4-15,20H,3,16H2,1-2H3,(H,27,31). The van der Waals surface area contributed by atoms with Crippen molar-refractivity contribution in [1.29, 1.82) is 0 Å². The zero-order chi connectivity index (χ0) is 22.5. The van der Waals surface area contributed by atoms with Gasteiger partial charge in [0.25, 0.3) is 5.91 Å². The molecule has 6 nitrogen and oxygen atoms in total. The van der Waals surface area contributed by atoms with Crippen LogP contribution >= 0.6 is 11.3 Å². The van der Waals surface area contributed by atoms with E-state index >= 15 is 0 Å². The number of aromatic nitrogens is 2. The molecule has 2 heterocycles. The Morgan fingerprint density at radius 1 is 1.06 bits per heavy atom. The quantitative estimate of drug-likeness (QED) is 0.478. The third kappa shape index (κ3) is 4.68. The monoisotopic (exact) mass is 444 g/mol. The molecule has 0 fully saturated rings. The molecule has 32 heavy (non-hydrogen) atoms. The molecule has 7 heteroatoms. The van der Waals surface area contributed by atoms with E-state index in [1.807, 2.05) is 73.0 Å². The van der Waals surface area contributed by atoms with E-state index in [1.54, 1.807) is 18.3 Å². The van der Waals surface area contributed by atoms with Gasteiger partial charge in [0.1, 0.15) is 6.04 Å². The van der Waals surface area contributed by atoms with Crippen molar-refractivity contribution in [1.82, 2.24) is 14.9 Å². The van der Waals surface area contributed by atoms with Crippen molar-refractivity contribution >= 4 is 33.4 Å². The minimum atomic E-state index is -0.501. The Hall–Kier alpha value is -3.58. The number of amides is 2. The van der Waals surface area contributed by atoms with Gasteiger partial charge in [0.05, 0.1) is 22.5 Å². The van der Waals surface area contributed by atoms with Crippen LogP contribution in [-0.2, 0) is 11.3 Å². The van der Waals surface area contributed by atoms with Crippen LogP contribution in [0.4, 0.5) is 0 Å². The highest BCUT2D eigenvalue weighted by Gasteiger charge is 2.22. The van der Waals surface area contributed by atoms with Gasteiger partial charge in [0.15, 0.2) is 4.80 Å². The van der Waals surface area contributed by atoms with Crippen molar-refractivity contribution in [3.05, 3.63) is 94.5 Å². The Morgan fingerprint density at radius 3 is 2.53 bits per heavy atom. The van der Waals surface area contributed by atoms with Crippen LogP contribution in [0.2, 0.25) is 0 Å². The first-order chi connectivity index (χ1) is 15.6. The summed E-state index contributed by atoms with van der Waals surface area (Å²) in [7, 11) is 0. The number of rotatable bonds is 6. The lowest BCUT2D eigenvalue weighted by atomic mass is 10.1. The minimum Gasteiger partial charge on any atom is -0.349 e. The fourth-order valence-electron chi connectivity index (χ4n) is 3.50. The van der Waals surface area contributed by atoms with Crippen molar-refractivity contribution in [2.24, 2.45) is 4.99 Å². The second-order valence-corrected chi connectivity index (χ2v) is 8.48. The van der Waals surface area contributed by atoms with E-state index in [2.05, 4.69) is 15.3 Å². The molecule has 0 aliphatic carbocycles. The SMILES string of the molecule is CCC(C(=O)NCc1ccccn1)n1c(=NC(=O)c2ccc(C)cc2)sc2ccccc21. The van der Waals surface area contributed by atoms with E-state index in [9.17, 15) is 9.59 Å². The van der Waals surface area contributed by atoms with Crippen LogP contribution in [0.3, 0.4) is 0 Å². The average molecular weight is 445 g/mol. The zero-order valence-corrected chi connectivity index (χ0v) is 18.8. The number of nitrogens with one attached hydrogen (secondary N) is 1. The highest BCUT2D eigenvalue weighted by atomic mass is 32.1. The van der Waals surface area contributed by atoms with E-state index in [-0.39, 0.29) is 11.8 Å². The van der Waals surface area contributed by atoms with Crippen LogP contribution in [-0.4, -0.2) is 21.4 Å². The Labute approximate surface area is 190 Å². The summed E-state index contributed by atoms with van der Waals surface area (Å²) in [4.78, 5) is 35.2. The molecule has 0 radical (unpaired) electrons. The highest BCUT2D eigenvalue weighted by molar-refractivity contribution is 7.16. The summed E-state index contributed by atoms with van der Waals surface area (Å²) in [5, 5.41) is 2.98. The second-order valence-electron chi connectivity index (χ2n) is 7.47. The molecular weight excluding hydrogens is 420 g/mol. The van der Waals surface area contributed by atoms with Crippen LogP contribution in [0.5, 0.6) is 0 Å². The molecule has 0 bridgehead atoms. The molecule has 2 aromatic carbocycles. The third-order valence-corrected chi connectivity index (χ3v) is 6.23. The molecule has 2 aromatic heterocycles. The molecule has 0 spiro atoms. The summed E-state index contributed by atoms with van der Waals surface area (Å²) in [5.74, 6) is -0.458. The zero-order valence-electron chi connectivity index (χ0n) is 18.0. The number of carbonyl (C=O) groups is 2. The van der Waals surface area contributed by atoms with Crippen LogP contribution < -0.4 is 10.1 Å². The van der Waals surface area contributed by atoms with Crippen molar-refractivity contribution < 1.29 is 9.59 Å². The fraction of sp³-hybridized carbons (Fsp3) is 0.200. The number of para-hydroxylation sites is 1. The van der Waals surface area contributed by atoms with Gasteiger partial charge < -0.3 is 9.88 Å². The minimum absolute atomic E-state index is 0.133. The molecule has 0 aliphatic heterocycles. The molecule has 162 valence electrons. The predicted octanol–water partition coefficient (Wildman–Crippen LogP) is 4.41. The van der Waals surface area contributed by atoms with Gasteiger partial charge in [-0.2, -0.15) is 4.99 Å². The van der Waals surface area contributed by atoms with Crippen molar-refractivity contribution in [3.63, 3.8) is 0 Å². The summed E-state index contributed by atoms with van der Waals surface area (Å²) in [5.41, 5.74) is 3.27. The number of carbonyl (C=O) groups excluding carboxylic acids is 2. The highest BCUT2D eigenvalue weighted by Crippen LogP contribution is 2.23. The maximum absolute atomic E-state index is 13.2. The molecule has 1 atom stereocenters. The summed E-state index contributed by atoms with van der Waals surface area (Å²) in [6.45, 7) is 4.27. The normalized spacial score (nSPS) is 12.6. The molecule has 4 aromatic rings. The first-order valence-corrected chi connectivity index (χ1v) is 11.3. The number of aryl methyl sites for hydroxylation is 1. The van der Waals surface area contributed by atoms with Crippen molar-refractivity contribution in [3.8, 4) is 0 Å². The average Bonchev–Trinajstić information content (AvgIpc) is 3.17. The fourth-order valence-corrected chi connectivity index (χ4v) is 4.57. The van der Waals surface area contributed by atoms with Gasteiger partial charge in [0, 0.05) is 11.8 Å². The maximum Gasteiger partial charge on any atom is 0.279 e. The van der Waals surface area contributed by atoms with Gasteiger partial charge in [-0.05, 0) is 49.7 Å². The maximum atomic E-state index is 13.2. The molecule has 0 aliphatic rings. The number of nitrogens with zero attached hydrogens (tertiary/aromatic N) is 3. The van der Waals surface area contributed by atoms with Gasteiger partial charge in [-0.15, -0.1) is 0 Å². The largest absolute Gasteiger partial charge is 0.349 e. The predicted molar refractivity (Wildman–Crippen MR) is 126 cm³/mol. The number of benzene rings is 2. The van der Waals surface area contributed by atoms with Crippen molar-refractivity contribution in [2.45, 2.75) is 32.9 Å². The van der Waals surface area contributed by atoms with Gasteiger partial charge in [-0.3, -0.25) is 14.6 Å². The van der Waals surface area contributed by atoms with Crippen LogP contribution in [0, 0.1) is 6.92 Å². The van der Waals surface area contributed by atoms with Crippen LogP contribution in [0.15, 0.2) is 77.9 Å². The van der Waals surface area contributed by atoms with Gasteiger partial charge >= 0.3 is 0 Å². The molecule has 4 rings (SSSR count). The number of fused-ring (bicyclic) bond motifs is 1. The summed E-state index contributed by atoms with van der Waals surface area (Å²) < 4.78 is 2.85. The Kier molecular flexibility index (Phi) is 6.56. The lowest BCUT2D eigenvalue weighted by Crippen LogP contribution is -2.35. The Morgan fingerprint density at radius 2 is 1.81 bits per heavy atom. The Bertz CT molecular complexity index is 1310. The molecule has 1 N–H and O–H groups in total. The van der Waals surface area contributed by atoms with E-state index in [0.717, 1.165) is 21.5 Å². The lowest BCUT2D eigenvalue weighted by molar-refractivity contribution is -0.124. The van der Waals surface area contributed by atoms with Crippen molar-refractivity contribution in [2.75, 3.05) is 0 Å². The number of pyridine rings is 1. The summed E-state index contributed by atoms with van der Waals surface area (Å²) >= 11 is 1.41. The number of hydrogen-bond donors (Lipinski definition) is 1. The van der Waals surface area contributed by atoms with E-state index in [4.69, 9.17) is 0 Å². The molecule has 0 saturated heterocycles. The molecule has 1 unspecified atom stereocenters. The molecule has 0 saturated carbocycles. The van der Waals surface area contributed by atoms with E-state index < -0.39 is 6.04 Å². The van der Waals surface area contributed by atoms with Gasteiger partial charge in [-0.1, -0.05) is 54.2 Å². The summed E-state index contributed by atoms with van der Waals surface area (Å²) in [6, 6.07) is 20.2. The summed E-state index contributed by atoms with van der Waals surface area (Å²) in [6.07, 6.45) is 2.26. The van der Waals surface area contributed by atoms with Crippen LogP contribution in [0.1, 0.15) is 41.0 Å². The van der Waals surface area contributed by atoms with Crippen LogP contribution in [0.25, 0.3) is 10.2 Å². The lowest BCUT2D eigenvalue weighted by Gasteiger charge is -2.18. The van der Waals surface area contributed by atoms with E-state index in [1.165, 1.54) is 11.3 Å². The number of thiazole rings is 1. The first-order valence-electron chi connectivity index (χ1n) is 10.5. The molecular formula is C25H24N4O2S. The number of hydrogen-bond acceptors (Lipinski definition) is 4. The van der Waals surface area contributed by atoms with Gasteiger partial charge in [0.2, 0.25) is 5.91 Å². The first kappa shape index (κ1) is 21.6. The second kappa shape index (κ2) is 9.70. The van der Waals surface area contributed by atoms with Gasteiger partial charge in [-0.25, -0.2) is 0 Å².